The number of carbonyl (C=O) groups excluding carboxylic acids is 1. The van der Waals surface area contributed by atoms with Crippen molar-refractivity contribution in [1.82, 2.24) is 5.43 Å². The molecule has 132 valence electrons. The second-order valence-electron chi connectivity index (χ2n) is 5.82. The lowest BCUT2D eigenvalue weighted by Crippen LogP contribution is -2.24. The smallest absolute Gasteiger partial charge is 0.332 e. The zero-order valence-corrected chi connectivity index (χ0v) is 14.7. The normalized spacial score (nSPS) is 10.9. The Morgan fingerprint density at radius 1 is 1.24 bits per heavy atom. The standard InChI is InChI=1S/C19H23N3O3/c1-13(2)15-5-7-17(8-6-15)25-12-16-10-14(4-9-18(16)24-3)11-21-22-19(20)23/h4-11,13H,12H2,1-3H3,(H3,20,22,23). The summed E-state index contributed by atoms with van der Waals surface area (Å²) in [5.74, 6) is 2.00. The molecule has 2 amide bonds. The third-order valence-electron chi connectivity index (χ3n) is 3.63. The topological polar surface area (TPSA) is 85.9 Å². The van der Waals surface area contributed by atoms with Gasteiger partial charge < -0.3 is 15.2 Å². The largest absolute Gasteiger partial charge is 0.496 e. The molecule has 0 fully saturated rings. The number of urea groups is 1. The number of methoxy groups -OCH3 is 1. The van der Waals surface area contributed by atoms with Gasteiger partial charge >= 0.3 is 6.03 Å². The quantitative estimate of drug-likeness (QED) is 0.598. The number of hydrogen-bond acceptors (Lipinski definition) is 4. The average molecular weight is 341 g/mol. The van der Waals surface area contributed by atoms with Crippen LogP contribution in [0.5, 0.6) is 11.5 Å². The molecule has 0 atom stereocenters. The molecule has 0 bridgehead atoms. The van der Waals surface area contributed by atoms with Gasteiger partial charge in [-0.15, -0.1) is 0 Å². The van der Waals surface area contributed by atoms with Gasteiger partial charge in [0.2, 0.25) is 0 Å². The van der Waals surface area contributed by atoms with Crippen LogP contribution in [0.4, 0.5) is 4.79 Å². The first kappa shape index (κ1) is 18.3. The molecule has 0 unspecified atom stereocenters. The van der Waals surface area contributed by atoms with E-state index in [1.54, 1.807) is 7.11 Å². The van der Waals surface area contributed by atoms with Gasteiger partial charge in [0, 0.05) is 5.56 Å². The molecule has 3 N–H and O–H groups in total. The number of nitrogens with two attached hydrogens (primary N) is 1. The molecule has 0 aliphatic carbocycles. The van der Waals surface area contributed by atoms with E-state index >= 15 is 0 Å². The summed E-state index contributed by atoms with van der Waals surface area (Å²) in [5, 5.41) is 3.75. The Bertz CT molecular complexity index is 740. The first-order chi connectivity index (χ1) is 12.0. The summed E-state index contributed by atoms with van der Waals surface area (Å²) in [6.07, 6.45) is 1.51. The fourth-order valence-corrected chi connectivity index (χ4v) is 2.27. The molecule has 25 heavy (non-hydrogen) atoms. The number of nitrogens with one attached hydrogen (secondary N) is 1. The van der Waals surface area contributed by atoms with Crippen LogP contribution in [0, 0.1) is 0 Å². The van der Waals surface area contributed by atoms with E-state index in [-0.39, 0.29) is 0 Å². The molecule has 2 aromatic rings. The van der Waals surface area contributed by atoms with Crippen molar-refractivity contribution in [3.05, 3.63) is 59.2 Å². The first-order valence-electron chi connectivity index (χ1n) is 7.97. The molecule has 6 heteroatoms. The molecule has 0 aromatic heterocycles. The lowest BCUT2D eigenvalue weighted by Gasteiger charge is -2.12. The lowest BCUT2D eigenvalue weighted by molar-refractivity contribution is 0.249. The molecular weight excluding hydrogens is 318 g/mol. The summed E-state index contributed by atoms with van der Waals surface area (Å²) in [5.41, 5.74) is 10.1. The summed E-state index contributed by atoms with van der Waals surface area (Å²) >= 11 is 0. The Labute approximate surface area is 147 Å². The van der Waals surface area contributed by atoms with Crippen LogP contribution >= 0.6 is 0 Å². The maximum absolute atomic E-state index is 10.6. The lowest BCUT2D eigenvalue weighted by atomic mass is 10.0. The summed E-state index contributed by atoms with van der Waals surface area (Å²) < 4.78 is 11.2. The molecule has 0 spiro atoms. The number of nitrogens with zero attached hydrogens (tertiary/aromatic N) is 1. The highest BCUT2D eigenvalue weighted by atomic mass is 16.5. The van der Waals surface area contributed by atoms with Gasteiger partial charge in [0.15, 0.2) is 0 Å². The van der Waals surface area contributed by atoms with Crippen molar-refractivity contribution < 1.29 is 14.3 Å². The van der Waals surface area contributed by atoms with Crippen LogP contribution in [0.15, 0.2) is 47.6 Å². The Balaban J connectivity index is 2.08. The van der Waals surface area contributed by atoms with Crippen LogP contribution in [0.25, 0.3) is 0 Å². The number of ether oxygens (including phenoxy) is 2. The van der Waals surface area contributed by atoms with Crippen molar-refractivity contribution in [3.63, 3.8) is 0 Å². The minimum atomic E-state index is -0.710. The summed E-state index contributed by atoms with van der Waals surface area (Å²) in [4.78, 5) is 10.6. The Morgan fingerprint density at radius 3 is 2.56 bits per heavy atom. The predicted octanol–water partition coefficient (Wildman–Crippen LogP) is 3.40. The fourth-order valence-electron chi connectivity index (χ4n) is 2.27. The van der Waals surface area contributed by atoms with Gasteiger partial charge in [-0.25, -0.2) is 10.2 Å². The fraction of sp³-hybridized carbons (Fsp3) is 0.263. The van der Waals surface area contributed by atoms with Crippen molar-refractivity contribution in [2.45, 2.75) is 26.4 Å². The van der Waals surface area contributed by atoms with Crippen molar-refractivity contribution in [1.29, 1.82) is 0 Å². The highest BCUT2D eigenvalue weighted by molar-refractivity contribution is 5.82. The van der Waals surface area contributed by atoms with E-state index in [9.17, 15) is 4.79 Å². The minimum Gasteiger partial charge on any atom is -0.496 e. The molecule has 2 rings (SSSR count). The van der Waals surface area contributed by atoms with Crippen LogP contribution < -0.4 is 20.6 Å². The summed E-state index contributed by atoms with van der Waals surface area (Å²) in [6, 6.07) is 12.9. The van der Waals surface area contributed by atoms with Gasteiger partial charge in [0.25, 0.3) is 0 Å². The molecule has 0 radical (unpaired) electrons. The maximum atomic E-state index is 10.6. The molecule has 0 aliphatic heterocycles. The Kier molecular flexibility index (Phi) is 6.39. The van der Waals surface area contributed by atoms with Gasteiger partial charge in [0.1, 0.15) is 18.1 Å². The minimum absolute atomic E-state index is 0.356. The zero-order valence-electron chi connectivity index (χ0n) is 14.7. The Hall–Kier alpha value is -3.02. The molecule has 0 aliphatic rings. The third-order valence-corrected chi connectivity index (χ3v) is 3.63. The zero-order chi connectivity index (χ0) is 18.2. The monoisotopic (exact) mass is 341 g/mol. The van der Waals surface area contributed by atoms with Gasteiger partial charge in [-0.05, 0) is 47.4 Å². The number of rotatable bonds is 7. The van der Waals surface area contributed by atoms with Crippen molar-refractivity contribution in [3.8, 4) is 11.5 Å². The highest BCUT2D eigenvalue weighted by Gasteiger charge is 2.06. The second-order valence-corrected chi connectivity index (χ2v) is 5.82. The summed E-state index contributed by atoms with van der Waals surface area (Å²) in [6.45, 7) is 4.66. The van der Waals surface area contributed by atoms with Gasteiger partial charge in [-0.3, -0.25) is 0 Å². The van der Waals surface area contributed by atoms with Crippen LogP contribution in [-0.2, 0) is 6.61 Å². The van der Waals surface area contributed by atoms with Crippen LogP contribution in [0.1, 0.15) is 36.5 Å². The second kappa shape index (κ2) is 8.73. The number of hydrazone groups is 1. The molecule has 2 aromatic carbocycles. The molecule has 0 saturated carbocycles. The molecule has 6 nitrogen and oxygen atoms in total. The number of carbonyl (C=O) groups is 1. The molecule has 0 heterocycles. The predicted molar refractivity (Wildman–Crippen MR) is 98.2 cm³/mol. The van der Waals surface area contributed by atoms with E-state index < -0.39 is 6.03 Å². The van der Waals surface area contributed by atoms with E-state index in [4.69, 9.17) is 15.2 Å². The first-order valence-corrected chi connectivity index (χ1v) is 7.97. The van der Waals surface area contributed by atoms with E-state index in [0.29, 0.717) is 12.5 Å². The average Bonchev–Trinajstić information content (AvgIpc) is 2.60. The van der Waals surface area contributed by atoms with Gasteiger partial charge in [-0.2, -0.15) is 5.10 Å². The maximum Gasteiger partial charge on any atom is 0.332 e. The van der Waals surface area contributed by atoms with Crippen molar-refractivity contribution in [2.75, 3.05) is 7.11 Å². The van der Waals surface area contributed by atoms with Crippen LogP contribution in [-0.4, -0.2) is 19.4 Å². The number of hydrogen-bond donors (Lipinski definition) is 2. The number of primary amides is 1. The van der Waals surface area contributed by atoms with Crippen LogP contribution in [0.3, 0.4) is 0 Å². The van der Waals surface area contributed by atoms with E-state index in [2.05, 4.69) is 36.5 Å². The number of amides is 2. The summed E-state index contributed by atoms with van der Waals surface area (Å²) in [7, 11) is 1.61. The molecule has 0 saturated heterocycles. The highest BCUT2D eigenvalue weighted by Crippen LogP contribution is 2.23. The Morgan fingerprint density at radius 2 is 1.96 bits per heavy atom. The van der Waals surface area contributed by atoms with E-state index in [1.807, 2.05) is 30.3 Å². The number of benzene rings is 2. The van der Waals surface area contributed by atoms with E-state index in [1.165, 1.54) is 11.8 Å². The SMILES string of the molecule is COc1ccc(C=NNC(N)=O)cc1COc1ccc(C(C)C)cc1. The third kappa shape index (κ3) is 5.53. The van der Waals surface area contributed by atoms with Gasteiger partial charge in [-0.1, -0.05) is 26.0 Å². The van der Waals surface area contributed by atoms with Crippen molar-refractivity contribution >= 4 is 12.2 Å². The van der Waals surface area contributed by atoms with Crippen molar-refractivity contribution in [2.24, 2.45) is 10.8 Å². The molecular formula is C19H23N3O3. The van der Waals surface area contributed by atoms with Gasteiger partial charge in [0.05, 0.1) is 13.3 Å². The van der Waals surface area contributed by atoms with E-state index in [0.717, 1.165) is 22.6 Å². The van der Waals surface area contributed by atoms with Crippen LogP contribution in [0.2, 0.25) is 0 Å².